The van der Waals surface area contributed by atoms with Gasteiger partial charge in [-0.3, -0.25) is 4.79 Å². The molecule has 3 nitrogen and oxygen atoms in total. The Morgan fingerprint density at radius 1 is 1.50 bits per heavy atom. The monoisotopic (exact) mass is 262 g/mol. The number of hydrogen-bond donors (Lipinski definition) is 1. The van der Waals surface area contributed by atoms with E-state index < -0.39 is 0 Å². The molecule has 0 spiro atoms. The maximum atomic E-state index is 12.4. The van der Waals surface area contributed by atoms with Crippen molar-refractivity contribution in [3.8, 4) is 6.07 Å². The molecule has 0 radical (unpaired) electrons. The zero-order valence-corrected chi connectivity index (χ0v) is 11.9. The van der Waals surface area contributed by atoms with Crippen LogP contribution >= 0.6 is 12.6 Å². The second kappa shape index (κ2) is 6.46. The highest BCUT2D eigenvalue weighted by atomic mass is 32.1. The number of benzene rings is 1. The van der Waals surface area contributed by atoms with Crippen LogP contribution in [-0.2, 0) is 0 Å². The van der Waals surface area contributed by atoms with Gasteiger partial charge < -0.3 is 4.90 Å². The van der Waals surface area contributed by atoms with Gasteiger partial charge in [-0.25, -0.2) is 0 Å². The van der Waals surface area contributed by atoms with E-state index in [1.165, 1.54) is 0 Å². The van der Waals surface area contributed by atoms with Crippen LogP contribution in [0.5, 0.6) is 0 Å². The highest BCUT2D eigenvalue weighted by Crippen LogP contribution is 2.17. The van der Waals surface area contributed by atoms with Crippen LogP contribution < -0.4 is 0 Å². The zero-order valence-electron chi connectivity index (χ0n) is 11.0. The first-order valence-corrected chi connectivity index (χ1v) is 6.39. The minimum Gasteiger partial charge on any atom is -0.335 e. The molecule has 0 fully saturated rings. The highest BCUT2D eigenvalue weighted by Gasteiger charge is 2.19. The predicted molar refractivity (Wildman–Crippen MR) is 74.8 cm³/mol. The van der Waals surface area contributed by atoms with Gasteiger partial charge in [0, 0.05) is 23.0 Å². The van der Waals surface area contributed by atoms with Gasteiger partial charge in [0.15, 0.2) is 0 Å². The Bertz CT molecular complexity index is 477. The summed E-state index contributed by atoms with van der Waals surface area (Å²) in [4.78, 5) is 14.9. The van der Waals surface area contributed by atoms with E-state index in [9.17, 15) is 4.79 Å². The van der Waals surface area contributed by atoms with Gasteiger partial charge in [0.1, 0.15) is 0 Å². The first kappa shape index (κ1) is 14.6. The Morgan fingerprint density at radius 2 is 2.17 bits per heavy atom. The van der Waals surface area contributed by atoms with E-state index in [4.69, 9.17) is 5.26 Å². The molecular formula is C14H18N2OS. The Kier molecular flexibility index (Phi) is 5.24. The first-order chi connectivity index (χ1) is 8.47. The molecule has 0 atom stereocenters. The number of nitriles is 1. The SMILES string of the molecule is Cc1ccc(S)cc1C(=O)N(CCC#N)C(C)C. The molecule has 1 rings (SSSR count). The number of carbonyl (C=O) groups excluding carboxylic acids is 1. The van der Waals surface area contributed by atoms with Crippen LogP contribution in [0, 0.1) is 18.3 Å². The number of hydrogen-bond acceptors (Lipinski definition) is 3. The number of nitrogens with zero attached hydrogens (tertiary/aromatic N) is 2. The molecule has 0 saturated heterocycles. The lowest BCUT2D eigenvalue weighted by Gasteiger charge is -2.26. The van der Waals surface area contributed by atoms with Crippen LogP contribution in [0.15, 0.2) is 23.1 Å². The summed E-state index contributed by atoms with van der Waals surface area (Å²) in [5.41, 5.74) is 1.59. The quantitative estimate of drug-likeness (QED) is 0.848. The fourth-order valence-corrected chi connectivity index (χ4v) is 1.96. The van der Waals surface area contributed by atoms with Crippen LogP contribution in [0.3, 0.4) is 0 Å². The smallest absolute Gasteiger partial charge is 0.254 e. The highest BCUT2D eigenvalue weighted by molar-refractivity contribution is 7.80. The van der Waals surface area contributed by atoms with Gasteiger partial charge in [-0.05, 0) is 38.5 Å². The van der Waals surface area contributed by atoms with Gasteiger partial charge in [-0.15, -0.1) is 12.6 Å². The summed E-state index contributed by atoms with van der Waals surface area (Å²) < 4.78 is 0. The van der Waals surface area contributed by atoms with E-state index in [2.05, 4.69) is 18.7 Å². The van der Waals surface area contributed by atoms with Crippen molar-refractivity contribution < 1.29 is 4.79 Å². The molecule has 0 aromatic heterocycles. The van der Waals surface area contributed by atoms with E-state index in [1.54, 1.807) is 11.0 Å². The molecule has 1 aromatic carbocycles. The van der Waals surface area contributed by atoms with Gasteiger partial charge in [0.2, 0.25) is 0 Å². The number of carbonyl (C=O) groups is 1. The van der Waals surface area contributed by atoms with E-state index in [-0.39, 0.29) is 11.9 Å². The molecule has 0 aliphatic heterocycles. The lowest BCUT2D eigenvalue weighted by molar-refractivity contribution is 0.0709. The minimum absolute atomic E-state index is 0.0337. The zero-order chi connectivity index (χ0) is 13.7. The average Bonchev–Trinajstić information content (AvgIpc) is 2.32. The average molecular weight is 262 g/mol. The van der Waals surface area contributed by atoms with Gasteiger partial charge in [0.05, 0.1) is 12.5 Å². The third-order valence-corrected chi connectivity index (χ3v) is 3.08. The minimum atomic E-state index is -0.0337. The molecule has 0 aliphatic carbocycles. The van der Waals surface area contributed by atoms with Crippen LogP contribution in [0.25, 0.3) is 0 Å². The summed E-state index contributed by atoms with van der Waals surface area (Å²) in [6.45, 7) is 6.27. The molecule has 0 heterocycles. The van der Waals surface area contributed by atoms with Crippen molar-refractivity contribution in [3.05, 3.63) is 29.3 Å². The van der Waals surface area contributed by atoms with Crippen molar-refractivity contribution in [1.82, 2.24) is 4.90 Å². The third kappa shape index (κ3) is 3.51. The molecule has 0 aliphatic rings. The molecular weight excluding hydrogens is 244 g/mol. The van der Waals surface area contributed by atoms with Crippen molar-refractivity contribution in [2.45, 2.75) is 38.1 Å². The van der Waals surface area contributed by atoms with Crippen LogP contribution in [0.1, 0.15) is 36.2 Å². The summed E-state index contributed by atoms with van der Waals surface area (Å²) in [5, 5.41) is 8.65. The second-order valence-corrected chi connectivity index (χ2v) is 5.02. The second-order valence-electron chi connectivity index (χ2n) is 4.50. The molecule has 18 heavy (non-hydrogen) atoms. The lowest BCUT2D eigenvalue weighted by Crippen LogP contribution is -2.38. The number of rotatable bonds is 4. The van der Waals surface area contributed by atoms with Crippen molar-refractivity contribution >= 4 is 18.5 Å². The summed E-state index contributed by atoms with van der Waals surface area (Å²) >= 11 is 4.26. The normalized spacial score (nSPS) is 10.2. The topological polar surface area (TPSA) is 44.1 Å². The molecule has 0 N–H and O–H groups in total. The first-order valence-electron chi connectivity index (χ1n) is 5.95. The van der Waals surface area contributed by atoms with Crippen LogP contribution in [0.4, 0.5) is 0 Å². The predicted octanol–water partition coefficient (Wildman–Crippen LogP) is 3.05. The van der Waals surface area contributed by atoms with Gasteiger partial charge in [-0.2, -0.15) is 5.26 Å². The fourth-order valence-electron chi connectivity index (χ4n) is 1.76. The molecule has 96 valence electrons. The van der Waals surface area contributed by atoms with Gasteiger partial charge in [-0.1, -0.05) is 6.07 Å². The Labute approximate surface area is 114 Å². The summed E-state index contributed by atoms with van der Waals surface area (Å²) in [7, 11) is 0. The Balaban J connectivity index is 3.02. The molecule has 1 amide bonds. The molecule has 4 heteroatoms. The summed E-state index contributed by atoms with van der Waals surface area (Å²) in [6, 6.07) is 7.69. The Hall–Kier alpha value is -1.47. The fraction of sp³-hybridized carbons (Fsp3) is 0.429. The van der Waals surface area contributed by atoms with Crippen molar-refractivity contribution in [1.29, 1.82) is 5.26 Å². The largest absolute Gasteiger partial charge is 0.335 e. The van der Waals surface area contributed by atoms with Gasteiger partial charge >= 0.3 is 0 Å². The maximum absolute atomic E-state index is 12.4. The lowest BCUT2D eigenvalue weighted by atomic mass is 10.1. The van der Waals surface area contributed by atoms with Crippen molar-refractivity contribution in [2.75, 3.05) is 6.54 Å². The maximum Gasteiger partial charge on any atom is 0.254 e. The molecule has 0 saturated carbocycles. The Morgan fingerprint density at radius 3 is 2.72 bits per heavy atom. The van der Waals surface area contributed by atoms with E-state index in [0.29, 0.717) is 18.5 Å². The van der Waals surface area contributed by atoms with Crippen molar-refractivity contribution in [3.63, 3.8) is 0 Å². The van der Waals surface area contributed by atoms with Crippen LogP contribution in [-0.4, -0.2) is 23.4 Å². The number of aryl methyl sites for hydroxylation is 1. The van der Waals surface area contributed by atoms with E-state index in [0.717, 1.165) is 10.5 Å². The van der Waals surface area contributed by atoms with Crippen LogP contribution in [0.2, 0.25) is 0 Å². The number of amides is 1. The molecule has 0 unspecified atom stereocenters. The van der Waals surface area contributed by atoms with E-state index >= 15 is 0 Å². The standard InChI is InChI=1S/C14H18N2OS/c1-10(2)16(8-4-7-15)14(17)13-9-12(18)6-5-11(13)3/h5-6,9-10,18H,4,8H2,1-3H3. The van der Waals surface area contributed by atoms with Gasteiger partial charge in [0.25, 0.3) is 5.91 Å². The van der Waals surface area contributed by atoms with E-state index in [1.807, 2.05) is 32.9 Å². The number of thiol groups is 1. The van der Waals surface area contributed by atoms with Crippen molar-refractivity contribution in [2.24, 2.45) is 0 Å². The molecule has 0 bridgehead atoms. The summed E-state index contributed by atoms with van der Waals surface area (Å²) in [6.07, 6.45) is 0.351. The third-order valence-electron chi connectivity index (χ3n) is 2.80. The summed E-state index contributed by atoms with van der Waals surface area (Å²) in [5.74, 6) is -0.0337. The molecule has 1 aromatic rings.